The molecule has 0 N–H and O–H groups in total. The van der Waals surface area contributed by atoms with Crippen LogP contribution in [0.3, 0.4) is 0 Å². The second kappa shape index (κ2) is 12.5. The zero-order valence-electron chi connectivity index (χ0n) is 49.5. The van der Waals surface area contributed by atoms with Gasteiger partial charge < -0.3 is 13.7 Å². The van der Waals surface area contributed by atoms with E-state index in [1.807, 2.05) is 18.2 Å². The van der Waals surface area contributed by atoms with Gasteiger partial charge in [-0.2, -0.15) is 0 Å². The fourth-order valence-electron chi connectivity index (χ4n) is 7.92. The highest BCUT2D eigenvalue weighted by atomic mass is 15.0. The topological polar surface area (TPSA) is 14.8 Å². The van der Waals surface area contributed by atoms with Crippen LogP contribution in [0.5, 0.6) is 0 Å². The molecule has 0 saturated carbocycles. The summed E-state index contributed by atoms with van der Waals surface area (Å²) in [5.74, 6) is 0. The Hall–Kier alpha value is -7.62. The van der Waals surface area contributed by atoms with Crippen LogP contribution in [-0.4, -0.2) is 13.7 Å². The number of benzene rings is 9. The van der Waals surface area contributed by atoms with Gasteiger partial charge in [-0.1, -0.05) is 139 Å². The fraction of sp³-hybridized carbons (Fsp3) is 0. The molecule has 0 unspecified atom stereocenters. The first kappa shape index (κ1) is 17.9. The molecule has 0 amide bonds. The van der Waals surface area contributed by atoms with Gasteiger partial charge in [-0.3, -0.25) is 0 Å². The Bertz CT molecular complexity index is 4680. The van der Waals surface area contributed by atoms with Gasteiger partial charge in [-0.25, -0.2) is 0 Å². The molecule has 57 heavy (non-hydrogen) atoms. The minimum atomic E-state index is -0.802. The molecule has 0 spiro atoms. The molecule has 0 fully saturated rings. The van der Waals surface area contributed by atoms with E-state index in [1.54, 1.807) is 66.7 Å². The Kier molecular flexibility index (Phi) is 3.91. The van der Waals surface area contributed by atoms with Crippen molar-refractivity contribution >= 4 is 65.4 Å². The summed E-state index contributed by atoms with van der Waals surface area (Å²) in [5, 5.41) is -1.50. The highest BCUT2D eigenvalue weighted by Crippen LogP contribution is 2.43. The summed E-state index contributed by atoms with van der Waals surface area (Å²) in [6.07, 6.45) is 0. The van der Waals surface area contributed by atoms with Crippen LogP contribution >= 0.6 is 0 Å². The lowest BCUT2D eigenvalue weighted by Crippen LogP contribution is -1.98. The Labute approximate surface area is 357 Å². The monoisotopic (exact) mass is 745 g/mol. The van der Waals surface area contributed by atoms with Crippen molar-refractivity contribution < 1.29 is 27.4 Å². The lowest BCUT2D eigenvalue weighted by Gasteiger charge is -2.15. The van der Waals surface area contributed by atoms with E-state index in [9.17, 15) is 16.4 Å². The van der Waals surface area contributed by atoms with Crippen molar-refractivity contribution in [3.63, 3.8) is 0 Å². The fourth-order valence-corrected chi connectivity index (χ4v) is 7.92. The first-order chi connectivity index (χ1) is 36.6. The summed E-state index contributed by atoms with van der Waals surface area (Å²) in [6.45, 7) is 0. The molecule has 3 heteroatoms. The number of para-hydroxylation sites is 5. The summed E-state index contributed by atoms with van der Waals surface area (Å²) in [6, 6.07) is 12.5. The third-order valence-electron chi connectivity index (χ3n) is 10.3. The van der Waals surface area contributed by atoms with Crippen LogP contribution in [0.4, 0.5) is 0 Å². The van der Waals surface area contributed by atoms with Gasteiger partial charge in [0.05, 0.1) is 71.9 Å². The third-order valence-corrected chi connectivity index (χ3v) is 10.3. The summed E-state index contributed by atoms with van der Waals surface area (Å²) < 4.78 is 191. The Morgan fingerprint density at radius 3 is 1.61 bits per heavy atom. The van der Waals surface area contributed by atoms with Crippen LogP contribution < -0.4 is 0 Å². The highest BCUT2D eigenvalue weighted by molar-refractivity contribution is 6.17. The Balaban J connectivity index is 1.29. The third kappa shape index (κ3) is 4.73. The number of rotatable bonds is 5. The van der Waals surface area contributed by atoms with Gasteiger partial charge >= 0.3 is 0 Å². The van der Waals surface area contributed by atoms with E-state index in [-0.39, 0.29) is 43.6 Å². The van der Waals surface area contributed by atoms with Crippen molar-refractivity contribution in [3.8, 4) is 39.3 Å². The minimum Gasteiger partial charge on any atom is -0.309 e. The van der Waals surface area contributed by atoms with Gasteiger partial charge in [0.2, 0.25) is 0 Å². The molecule has 266 valence electrons. The van der Waals surface area contributed by atoms with Crippen LogP contribution in [0, 0.1) is 0 Å². The molecule has 12 rings (SSSR count). The van der Waals surface area contributed by atoms with E-state index in [1.165, 1.54) is 15.2 Å². The van der Waals surface area contributed by atoms with Crippen molar-refractivity contribution in [3.05, 3.63) is 212 Å². The molecule has 3 nitrogen and oxygen atoms in total. The maximum atomic E-state index is 10.1. The summed E-state index contributed by atoms with van der Waals surface area (Å²) in [5.41, 5.74) is -0.684. The maximum Gasteiger partial charge on any atom is 0.0645 e. The van der Waals surface area contributed by atoms with Crippen LogP contribution in [-0.2, 0) is 0 Å². The summed E-state index contributed by atoms with van der Waals surface area (Å²) in [4.78, 5) is 0. The standard InChI is InChI=1S/C54H35N3/c1-3-16-36(17-4-1)40-20-7-11-24-46(40)56-49-27-14-10-23-43(49)54-52(56)28-15-29-53(54)57-48-26-13-9-22-42(48)45-35-38(31-33-51(45)57)37-30-32-50-44(34-37)41-21-8-12-25-47(41)55(50)39-18-5-2-6-19-39/h1-35H/i8D,9D,10D,12D,13D,14D,15D,21D,22D,23D,25D,26D,27D,28D,29D,30D,31D,33D,34D,35D. The molecule has 0 aliphatic rings. The van der Waals surface area contributed by atoms with Crippen LogP contribution in [0.15, 0.2) is 212 Å². The van der Waals surface area contributed by atoms with Gasteiger partial charge in [-0.05, 0) is 89.3 Å². The van der Waals surface area contributed by atoms with E-state index in [4.69, 9.17) is 11.0 Å². The second-order valence-electron chi connectivity index (χ2n) is 13.4. The van der Waals surface area contributed by atoms with Gasteiger partial charge in [-0.15, -0.1) is 0 Å². The number of hydrogen-bond donors (Lipinski definition) is 0. The Morgan fingerprint density at radius 1 is 0.316 bits per heavy atom. The van der Waals surface area contributed by atoms with Crippen LogP contribution in [0.2, 0.25) is 0 Å². The zero-order chi connectivity index (χ0) is 54.9. The number of nitrogens with zero attached hydrogens (tertiary/aromatic N) is 3. The van der Waals surface area contributed by atoms with Crippen molar-refractivity contribution in [2.45, 2.75) is 0 Å². The SMILES string of the molecule is [2H]c1cc2c(c([2H])c1-c1c([2H])c([2H])c3c(c1[2H])c1c([2H])c([2H])c([2H])c([2H])c1n3-c1c([2H])c([2H])c([2H])c3c1c1c([2H])c([2H])c([2H])c([2H])c1n3-c1ccccc1-c1ccccc1)c1c([2H])c([2H])c([2H])c([2H])c1n2-c1ccccc1. The molecule has 0 bridgehead atoms. The van der Waals surface area contributed by atoms with E-state index < -0.39 is 159 Å². The van der Waals surface area contributed by atoms with Crippen molar-refractivity contribution in [2.75, 3.05) is 0 Å². The molecule has 9 aromatic carbocycles. The van der Waals surface area contributed by atoms with E-state index >= 15 is 0 Å². The normalized spacial score (nSPS) is 16.8. The average Bonchev–Trinajstić information content (AvgIpc) is 4.18. The largest absolute Gasteiger partial charge is 0.309 e. The molecule has 12 aromatic rings. The van der Waals surface area contributed by atoms with E-state index in [0.29, 0.717) is 22.5 Å². The molecule has 0 radical (unpaired) electrons. The van der Waals surface area contributed by atoms with E-state index in [2.05, 4.69) is 0 Å². The van der Waals surface area contributed by atoms with Crippen molar-refractivity contribution in [1.29, 1.82) is 0 Å². The van der Waals surface area contributed by atoms with Crippen molar-refractivity contribution in [2.24, 2.45) is 0 Å². The van der Waals surface area contributed by atoms with Gasteiger partial charge in [0.1, 0.15) is 0 Å². The molecule has 0 saturated heterocycles. The first-order valence-electron chi connectivity index (χ1n) is 28.0. The number of aromatic nitrogens is 3. The summed E-state index contributed by atoms with van der Waals surface area (Å²) >= 11 is 0. The van der Waals surface area contributed by atoms with Gasteiger partial charge in [0.15, 0.2) is 0 Å². The second-order valence-corrected chi connectivity index (χ2v) is 13.4. The smallest absolute Gasteiger partial charge is 0.0645 e. The number of fused-ring (bicyclic) bond motifs is 9. The Morgan fingerprint density at radius 2 is 0.860 bits per heavy atom. The molecule has 0 aliphatic heterocycles. The molecular weight excluding hydrogens is 691 g/mol. The minimum absolute atomic E-state index is 0.0186. The van der Waals surface area contributed by atoms with Gasteiger partial charge in [0.25, 0.3) is 0 Å². The quantitative estimate of drug-likeness (QED) is 0.167. The molecule has 3 aromatic heterocycles. The van der Waals surface area contributed by atoms with Crippen LogP contribution in [0.1, 0.15) is 27.4 Å². The summed E-state index contributed by atoms with van der Waals surface area (Å²) in [7, 11) is 0. The zero-order valence-corrected chi connectivity index (χ0v) is 29.5. The molecule has 0 aliphatic carbocycles. The van der Waals surface area contributed by atoms with Crippen molar-refractivity contribution in [1.82, 2.24) is 13.7 Å². The first-order valence-corrected chi connectivity index (χ1v) is 18.0. The maximum absolute atomic E-state index is 10.1. The van der Waals surface area contributed by atoms with Crippen LogP contribution in [0.25, 0.3) is 105 Å². The lowest BCUT2D eigenvalue weighted by molar-refractivity contribution is 1.17. The predicted octanol–water partition coefficient (Wildman–Crippen LogP) is 14.3. The molecule has 0 atom stereocenters. The molecule has 3 heterocycles. The van der Waals surface area contributed by atoms with Gasteiger partial charge in [0, 0.05) is 43.6 Å². The average molecular weight is 746 g/mol. The molecular formula is C54H35N3. The predicted molar refractivity (Wildman–Crippen MR) is 240 cm³/mol. The highest BCUT2D eigenvalue weighted by Gasteiger charge is 2.21. The van der Waals surface area contributed by atoms with E-state index in [0.717, 1.165) is 4.57 Å². The lowest BCUT2D eigenvalue weighted by atomic mass is 10.0. The number of hydrogen-bond acceptors (Lipinski definition) is 0.